The minimum atomic E-state index is -2.47. The molecule has 3 rings (SSSR count). The van der Waals surface area contributed by atoms with Gasteiger partial charge in [-0.25, -0.2) is 0 Å². The summed E-state index contributed by atoms with van der Waals surface area (Å²) in [6.45, 7) is 3.92. The number of nitriles is 1. The zero-order valence-electron chi connectivity index (χ0n) is 22.2. The van der Waals surface area contributed by atoms with Crippen molar-refractivity contribution in [2.24, 2.45) is 0 Å². The van der Waals surface area contributed by atoms with E-state index in [0.717, 1.165) is 33.3 Å². The number of halogens is 1. The maximum atomic E-state index is 12.2. The quantitative estimate of drug-likeness (QED) is 0.365. The minimum absolute atomic E-state index is 0.0676. The van der Waals surface area contributed by atoms with E-state index in [-0.39, 0.29) is 5.56 Å². The van der Waals surface area contributed by atoms with E-state index in [1.54, 1.807) is 24.3 Å². The SMILES string of the molecule is CC(=O)OC[C@H]1O[C@@](O)(c2ccc(Cl)c(Cc3ccc(C#N)cc3)c2)[C@H](OC(C)=O)[C@@H](OC(C)=O)[C@@H]1OC(C)=O. The summed E-state index contributed by atoms with van der Waals surface area (Å²) in [4.78, 5) is 47.8. The van der Waals surface area contributed by atoms with Crippen molar-refractivity contribution in [2.45, 2.75) is 64.3 Å². The molecule has 1 aliphatic rings. The second-order valence-corrected chi connectivity index (χ2v) is 9.53. The monoisotopic (exact) mass is 573 g/mol. The molecule has 2 aromatic rings. The summed E-state index contributed by atoms with van der Waals surface area (Å²) < 4.78 is 27.2. The Bertz CT molecular complexity index is 1320. The predicted molar refractivity (Wildman–Crippen MR) is 137 cm³/mol. The molecular formula is C28H28ClNO10. The fourth-order valence-corrected chi connectivity index (χ4v) is 4.55. The summed E-state index contributed by atoms with van der Waals surface area (Å²) in [5.74, 6) is -5.63. The highest BCUT2D eigenvalue weighted by atomic mass is 35.5. The van der Waals surface area contributed by atoms with Gasteiger partial charge in [0.05, 0.1) is 11.6 Å². The van der Waals surface area contributed by atoms with Crippen LogP contribution >= 0.6 is 11.6 Å². The standard InChI is InChI=1S/C28H28ClNO10/c1-15(31)36-14-24-25(37-16(2)32)26(38-17(3)33)27(39-18(4)34)28(35,40-24)22-9-10-23(29)21(12-22)11-19-5-7-20(13-30)8-6-19/h5-10,12,24-27,35H,11,14H2,1-4H3/t24-,25-,26+,27-,28+/m1/s1. The molecule has 0 saturated carbocycles. The van der Waals surface area contributed by atoms with E-state index in [1.165, 1.54) is 18.2 Å². The Kier molecular flexibility index (Phi) is 9.87. The van der Waals surface area contributed by atoms with Crippen molar-refractivity contribution in [3.63, 3.8) is 0 Å². The van der Waals surface area contributed by atoms with Crippen molar-refractivity contribution in [3.05, 3.63) is 69.7 Å². The maximum Gasteiger partial charge on any atom is 0.303 e. The lowest BCUT2D eigenvalue weighted by atomic mass is 9.86. The molecular weight excluding hydrogens is 546 g/mol. The van der Waals surface area contributed by atoms with Crippen molar-refractivity contribution >= 4 is 35.5 Å². The second-order valence-electron chi connectivity index (χ2n) is 9.13. The summed E-state index contributed by atoms with van der Waals surface area (Å²) in [6.07, 6.45) is -5.73. The summed E-state index contributed by atoms with van der Waals surface area (Å²) >= 11 is 6.46. The van der Waals surface area contributed by atoms with Crippen LogP contribution in [0.2, 0.25) is 5.02 Å². The van der Waals surface area contributed by atoms with E-state index in [1.807, 2.05) is 6.07 Å². The van der Waals surface area contributed by atoms with Gasteiger partial charge >= 0.3 is 23.9 Å². The Morgan fingerprint density at radius 3 is 2.08 bits per heavy atom. The highest BCUT2D eigenvalue weighted by Gasteiger charge is 2.60. The van der Waals surface area contributed by atoms with Crippen LogP contribution in [-0.2, 0) is 55.1 Å². The Morgan fingerprint density at radius 2 is 1.52 bits per heavy atom. The van der Waals surface area contributed by atoms with Crippen LogP contribution in [0.25, 0.3) is 0 Å². The minimum Gasteiger partial charge on any atom is -0.463 e. The molecule has 0 amide bonds. The van der Waals surface area contributed by atoms with Gasteiger partial charge < -0.3 is 28.8 Å². The largest absolute Gasteiger partial charge is 0.463 e. The van der Waals surface area contributed by atoms with Gasteiger partial charge in [0.15, 0.2) is 12.2 Å². The Balaban J connectivity index is 2.13. The lowest BCUT2D eigenvalue weighted by Gasteiger charge is -2.48. The van der Waals surface area contributed by atoms with E-state index in [4.69, 9.17) is 40.5 Å². The average molecular weight is 574 g/mol. The molecule has 0 bridgehead atoms. The van der Waals surface area contributed by atoms with Crippen LogP contribution in [0.5, 0.6) is 0 Å². The third-order valence-corrected chi connectivity index (χ3v) is 6.36. The normalized spacial score (nSPS) is 23.8. The highest BCUT2D eigenvalue weighted by molar-refractivity contribution is 6.31. The van der Waals surface area contributed by atoms with Gasteiger partial charge in [0.1, 0.15) is 12.7 Å². The molecule has 1 aliphatic heterocycles. The van der Waals surface area contributed by atoms with Gasteiger partial charge in [-0.2, -0.15) is 5.26 Å². The third kappa shape index (κ3) is 7.35. The van der Waals surface area contributed by atoms with Crippen LogP contribution < -0.4 is 0 Å². The fourth-order valence-electron chi connectivity index (χ4n) is 4.36. The van der Waals surface area contributed by atoms with Crippen molar-refractivity contribution in [1.82, 2.24) is 0 Å². The third-order valence-electron chi connectivity index (χ3n) is 5.99. The number of hydrogen-bond acceptors (Lipinski definition) is 11. The number of carbonyl (C=O) groups is 4. The van der Waals surface area contributed by atoms with Crippen LogP contribution in [-0.4, -0.2) is 60.0 Å². The smallest absolute Gasteiger partial charge is 0.303 e. The van der Waals surface area contributed by atoms with Gasteiger partial charge in [0, 0.05) is 38.3 Å². The molecule has 212 valence electrons. The van der Waals surface area contributed by atoms with E-state index in [9.17, 15) is 24.3 Å². The lowest BCUT2D eigenvalue weighted by Crippen LogP contribution is -2.66. The van der Waals surface area contributed by atoms with Gasteiger partial charge in [-0.1, -0.05) is 29.8 Å². The predicted octanol–water partition coefficient (Wildman–Crippen LogP) is 2.70. The summed E-state index contributed by atoms with van der Waals surface area (Å²) in [6, 6.07) is 13.3. The Morgan fingerprint density at radius 1 is 0.925 bits per heavy atom. The first-order valence-corrected chi connectivity index (χ1v) is 12.5. The van der Waals surface area contributed by atoms with Crippen LogP contribution in [0, 0.1) is 11.3 Å². The highest BCUT2D eigenvalue weighted by Crippen LogP contribution is 2.42. The maximum absolute atomic E-state index is 12.2. The van der Waals surface area contributed by atoms with Crippen LogP contribution in [0.15, 0.2) is 42.5 Å². The van der Waals surface area contributed by atoms with E-state index >= 15 is 0 Å². The number of ether oxygens (including phenoxy) is 5. The van der Waals surface area contributed by atoms with Gasteiger partial charge in [-0.15, -0.1) is 0 Å². The van der Waals surface area contributed by atoms with E-state index < -0.39 is 60.7 Å². The van der Waals surface area contributed by atoms with Crippen molar-refractivity contribution in [1.29, 1.82) is 5.26 Å². The van der Waals surface area contributed by atoms with Gasteiger partial charge in [0.25, 0.3) is 0 Å². The Hall–Kier alpha value is -3.98. The molecule has 1 saturated heterocycles. The number of hydrogen-bond donors (Lipinski definition) is 1. The van der Waals surface area contributed by atoms with Crippen LogP contribution in [0.1, 0.15) is 49.9 Å². The van der Waals surface area contributed by atoms with E-state index in [0.29, 0.717) is 22.6 Å². The van der Waals surface area contributed by atoms with Crippen molar-refractivity contribution < 1.29 is 48.0 Å². The zero-order valence-corrected chi connectivity index (χ0v) is 23.0. The number of nitrogens with zero attached hydrogens (tertiary/aromatic N) is 1. The first-order chi connectivity index (χ1) is 18.8. The molecule has 0 aliphatic carbocycles. The van der Waals surface area contributed by atoms with Gasteiger partial charge in [0.2, 0.25) is 11.9 Å². The number of rotatable bonds is 8. The molecule has 11 nitrogen and oxygen atoms in total. The zero-order chi connectivity index (χ0) is 29.6. The molecule has 0 aromatic heterocycles. The molecule has 2 aromatic carbocycles. The second kappa shape index (κ2) is 12.9. The first-order valence-electron chi connectivity index (χ1n) is 12.2. The number of carbonyl (C=O) groups excluding carboxylic acids is 4. The number of aliphatic hydroxyl groups is 1. The summed E-state index contributed by atoms with van der Waals surface area (Å²) in [5.41, 5.74) is 1.91. The first kappa shape index (κ1) is 30.6. The fraction of sp³-hybridized carbons (Fsp3) is 0.393. The lowest BCUT2D eigenvalue weighted by molar-refractivity contribution is -0.360. The average Bonchev–Trinajstić information content (AvgIpc) is 2.87. The molecule has 12 heteroatoms. The van der Waals surface area contributed by atoms with Crippen LogP contribution in [0.3, 0.4) is 0 Å². The van der Waals surface area contributed by atoms with Gasteiger partial charge in [-0.05, 0) is 41.8 Å². The summed E-state index contributed by atoms with van der Waals surface area (Å²) in [7, 11) is 0. The summed E-state index contributed by atoms with van der Waals surface area (Å²) in [5, 5.41) is 21.4. The Labute approximate surface area is 235 Å². The molecule has 1 fully saturated rings. The topological polar surface area (TPSA) is 158 Å². The van der Waals surface area contributed by atoms with E-state index in [2.05, 4.69) is 0 Å². The molecule has 0 radical (unpaired) electrons. The van der Waals surface area contributed by atoms with Crippen LogP contribution in [0.4, 0.5) is 0 Å². The van der Waals surface area contributed by atoms with Gasteiger partial charge in [-0.3, -0.25) is 19.2 Å². The molecule has 0 unspecified atom stereocenters. The van der Waals surface area contributed by atoms with Crippen molar-refractivity contribution in [2.75, 3.05) is 6.61 Å². The molecule has 40 heavy (non-hydrogen) atoms. The molecule has 5 atom stereocenters. The number of esters is 4. The molecule has 0 spiro atoms. The van der Waals surface area contributed by atoms with Crippen molar-refractivity contribution in [3.8, 4) is 6.07 Å². The number of benzene rings is 2. The molecule has 1 heterocycles. The molecule has 1 N–H and O–H groups in total.